The van der Waals surface area contributed by atoms with Crippen molar-refractivity contribution >= 4 is 54.5 Å². The van der Waals surface area contributed by atoms with E-state index in [-0.39, 0.29) is 13.1 Å². The van der Waals surface area contributed by atoms with Crippen LogP contribution in [0.1, 0.15) is 11.3 Å². The summed E-state index contributed by atoms with van der Waals surface area (Å²) in [6.45, 7) is 2.63. The van der Waals surface area contributed by atoms with Crippen molar-refractivity contribution in [2.45, 2.75) is 18.2 Å². The van der Waals surface area contributed by atoms with Crippen LogP contribution < -0.4 is 5.73 Å². The summed E-state index contributed by atoms with van der Waals surface area (Å²) in [5, 5.41) is 0. The molecule has 0 saturated carbocycles. The van der Waals surface area contributed by atoms with Crippen molar-refractivity contribution in [1.29, 1.82) is 0 Å². The van der Waals surface area contributed by atoms with E-state index in [1.807, 2.05) is 0 Å². The molecular weight excluding hydrogens is 384 g/mol. The Kier molecular flexibility index (Phi) is 7.02. The summed E-state index contributed by atoms with van der Waals surface area (Å²) >= 11 is 9.52. The zero-order valence-electron chi connectivity index (χ0n) is 11.3. The number of thiophene rings is 1. The molecule has 5 nitrogen and oxygen atoms in total. The second kappa shape index (κ2) is 7.81. The van der Waals surface area contributed by atoms with Crippen molar-refractivity contribution < 1.29 is 13.2 Å². The van der Waals surface area contributed by atoms with Crippen LogP contribution in [0.15, 0.2) is 14.7 Å². The lowest BCUT2D eigenvalue weighted by molar-refractivity contribution is 0.179. The number of sulfonamides is 1. The third-order valence-corrected chi connectivity index (χ3v) is 6.52. The van der Waals surface area contributed by atoms with E-state index in [1.54, 1.807) is 13.0 Å². The van der Waals surface area contributed by atoms with Gasteiger partial charge in [-0.25, -0.2) is 8.42 Å². The second-order valence-electron chi connectivity index (χ2n) is 4.08. The molecule has 1 heterocycles. The molecule has 0 aromatic carbocycles. The summed E-state index contributed by atoms with van der Waals surface area (Å²) in [6.07, 6.45) is 0.350. The molecule has 0 saturated heterocycles. The van der Waals surface area contributed by atoms with Crippen molar-refractivity contribution in [2.24, 2.45) is 5.73 Å². The summed E-state index contributed by atoms with van der Waals surface area (Å²) < 4.78 is 32.4. The molecule has 0 aliphatic heterocycles. The number of aryl methyl sites for hydroxylation is 1. The van der Waals surface area contributed by atoms with Gasteiger partial charge in [0.1, 0.15) is 0 Å². The first-order valence-electron chi connectivity index (χ1n) is 5.82. The quantitative estimate of drug-likeness (QED) is 0.676. The van der Waals surface area contributed by atoms with Gasteiger partial charge in [0.05, 0.1) is 20.3 Å². The van der Waals surface area contributed by atoms with Crippen LogP contribution in [0.25, 0.3) is 0 Å². The average molecular weight is 401 g/mol. The number of rotatable bonds is 8. The minimum atomic E-state index is -3.56. The highest BCUT2D eigenvalue weighted by atomic mass is 79.9. The Morgan fingerprint density at radius 1 is 1.55 bits per heavy atom. The highest BCUT2D eigenvalue weighted by Crippen LogP contribution is 2.31. The molecular formula is C11H17BrN2O3S3. The van der Waals surface area contributed by atoms with Gasteiger partial charge in [0, 0.05) is 31.5 Å². The Balaban J connectivity index is 3.03. The van der Waals surface area contributed by atoms with Gasteiger partial charge in [0.15, 0.2) is 0 Å². The number of hydrogen-bond donors (Lipinski definition) is 1. The Morgan fingerprint density at radius 2 is 2.20 bits per heavy atom. The van der Waals surface area contributed by atoms with Gasteiger partial charge in [0.25, 0.3) is 0 Å². The topological polar surface area (TPSA) is 72.6 Å². The minimum Gasteiger partial charge on any atom is -0.393 e. The normalized spacial score (nSPS) is 12.0. The summed E-state index contributed by atoms with van der Waals surface area (Å²) in [5.41, 5.74) is 5.46. The zero-order valence-corrected chi connectivity index (χ0v) is 15.3. The van der Waals surface area contributed by atoms with Crippen molar-refractivity contribution in [3.8, 4) is 0 Å². The van der Waals surface area contributed by atoms with E-state index in [9.17, 15) is 8.42 Å². The standard InChI is InChI=1S/C11H17BrN2O3S3/c1-8-9(7-10(12)19-8)20(15,16)14(5-6-17-2)4-3-11(13)18/h7H,3-6H2,1-2H3,(H2,13,18). The van der Waals surface area contributed by atoms with E-state index in [0.717, 1.165) is 8.66 Å². The van der Waals surface area contributed by atoms with E-state index in [2.05, 4.69) is 15.9 Å². The number of methoxy groups -OCH3 is 1. The number of halogens is 1. The Labute approximate surface area is 137 Å². The molecule has 114 valence electrons. The van der Waals surface area contributed by atoms with E-state index in [4.69, 9.17) is 22.7 Å². The molecule has 0 atom stereocenters. The van der Waals surface area contributed by atoms with Gasteiger partial charge >= 0.3 is 0 Å². The largest absolute Gasteiger partial charge is 0.393 e. The highest BCUT2D eigenvalue weighted by molar-refractivity contribution is 9.11. The van der Waals surface area contributed by atoms with Crippen molar-refractivity contribution in [1.82, 2.24) is 4.31 Å². The van der Waals surface area contributed by atoms with E-state index < -0.39 is 10.0 Å². The molecule has 0 fully saturated rings. The smallest absolute Gasteiger partial charge is 0.244 e. The molecule has 1 rings (SSSR count). The molecule has 0 spiro atoms. The molecule has 0 unspecified atom stereocenters. The summed E-state index contributed by atoms with van der Waals surface area (Å²) in [4.78, 5) is 1.36. The van der Waals surface area contributed by atoms with Crippen LogP contribution in [0.2, 0.25) is 0 Å². The van der Waals surface area contributed by atoms with Crippen LogP contribution in [-0.4, -0.2) is 44.5 Å². The fourth-order valence-corrected chi connectivity index (χ4v) is 5.51. The number of hydrogen-bond acceptors (Lipinski definition) is 5. The molecule has 9 heteroatoms. The van der Waals surface area contributed by atoms with E-state index >= 15 is 0 Å². The molecule has 0 aliphatic carbocycles. The minimum absolute atomic E-state index is 0.258. The highest BCUT2D eigenvalue weighted by Gasteiger charge is 2.27. The molecule has 0 aliphatic rings. The van der Waals surface area contributed by atoms with E-state index in [1.165, 1.54) is 22.8 Å². The van der Waals surface area contributed by atoms with Crippen LogP contribution >= 0.6 is 39.5 Å². The predicted molar refractivity (Wildman–Crippen MR) is 88.8 cm³/mol. The Morgan fingerprint density at radius 3 is 2.65 bits per heavy atom. The predicted octanol–water partition coefficient (Wildman–Crippen LogP) is 2.13. The van der Waals surface area contributed by atoms with Gasteiger partial charge in [-0.3, -0.25) is 0 Å². The maximum absolute atomic E-state index is 12.7. The van der Waals surface area contributed by atoms with Gasteiger partial charge in [-0.2, -0.15) is 4.31 Å². The molecule has 1 aromatic rings. The van der Waals surface area contributed by atoms with Gasteiger partial charge in [-0.15, -0.1) is 11.3 Å². The maximum atomic E-state index is 12.7. The summed E-state index contributed by atoms with van der Waals surface area (Å²) in [7, 11) is -2.03. The van der Waals surface area contributed by atoms with Crippen molar-refractivity contribution in [2.75, 3.05) is 26.8 Å². The number of nitrogens with two attached hydrogens (primary N) is 1. The fourth-order valence-electron chi connectivity index (χ4n) is 1.61. The third kappa shape index (κ3) is 4.74. The first kappa shape index (κ1) is 18.0. The molecule has 2 N–H and O–H groups in total. The second-order valence-corrected chi connectivity index (χ2v) is 9.15. The van der Waals surface area contributed by atoms with Crippen LogP contribution in [-0.2, 0) is 14.8 Å². The van der Waals surface area contributed by atoms with Crippen LogP contribution in [0.5, 0.6) is 0 Å². The first-order chi connectivity index (χ1) is 9.28. The van der Waals surface area contributed by atoms with Gasteiger partial charge < -0.3 is 10.5 Å². The number of thiocarbonyl (C=S) groups is 1. The first-order valence-corrected chi connectivity index (χ1v) is 9.28. The summed E-state index contributed by atoms with van der Waals surface area (Å²) in [6, 6.07) is 1.62. The molecule has 0 radical (unpaired) electrons. The molecule has 20 heavy (non-hydrogen) atoms. The monoisotopic (exact) mass is 400 g/mol. The van der Waals surface area contributed by atoms with Gasteiger partial charge in [0.2, 0.25) is 10.0 Å². The average Bonchev–Trinajstić information content (AvgIpc) is 2.68. The maximum Gasteiger partial charge on any atom is 0.244 e. The van der Waals surface area contributed by atoms with Gasteiger partial charge in [-0.05, 0) is 28.9 Å². The number of nitrogens with zero attached hydrogens (tertiary/aromatic N) is 1. The van der Waals surface area contributed by atoms with E-state index in [0.29, 0.717) is 22.9 Å². The molecule has 0 amide bonds. The van der Waals surface area contributed by atoms with Crippen molar-refractivity contribution in [3.05, 3.63) is 14.7 Å². The zero-order chi connectivity index (χ0) is 15.3. The lowest BCUT2D eigenvalue weighted by atomic mass is 10.4. The summed E-state index contributed by atoms with van der Waals surface area (Å²) in [5.74, 6) is 0. The van der Waals surface area contributed by atoms with Gasteiger partial charge in [-0.1, -0.05) is 12.2 Å². The van der Waals surface area contributed by atoms with Crippen LogP contribution in [0, 0.1) is 6.92 Å². The number of ether oxygens (including phenoxy) is 1. The lowest BCUT2D eigenvalue weighted by Gasteiger charge is -2.21. The van der Waals surface area contributed by atoms with Crippen molar-refractivity contribution in [3.63, 3.8) is 0 Å². The fraction of sp³-hybridized carbons (Fsp3) is 0.545. The lowest BCUT2D eigenvalue weighted by Crippen LogP contribution is -2.36. The SMILES string of the molecule is COCCN(CCC(N)=S)S(=O)(=O)c1cc(Br)sc1C. The van der Waals surface area contributed by atoms with Crippen LogP contribution in [0.3, 0.4) is 0 Å². The Bertz CT molecular complexity index is 571. The third-order valence-electron chi connectivity index (χ3n) is 2.61. The Hall–Kier alpha value is -0.0600. The molecule has 1 aromatic heterocycles. The molecule has 0 bridgehead atoms. The van der Waals surface area contributed by atoms with Crippen LogP contribution in [0.4, 0.5) is 0 Å².